The van der Waals surface area contributed by atoms with Crippen LogP contribution in [0.15, 0.2) is 24.3 Å². The normalized spacial score (nSPS) is 29.8. The summed E-state index contributed by atoms with van der Waals surface area (Å²) in [6, 6.07) is 6.16. The van der Waals surface area contributed by atoms with Crippen LogP contribution in [0.5, 0.6) is 0 Å². The molecule has 116 valence electrons. The predicted octanol–water partition coefficient (Wildman–Crippen LogP) is 4.62. The minimum atomic E-state index is -4.27. The smallest absolute Gasteiger partial charge is 0.310 e. The van der Waals surface area contributed by atoms with E-state index in [9.17, 15) is 13.2 Å². The highest BCUT2D eigenvalue weighted by atomic mass is 19.4. The molecule has 21 heavy (non-hydrogen) atoms. The van der Waals surface area contributed by atoms with Gasteiger partial charge in [-0.15, -0.1) is 0 Å². The van der Waals surface area contributed by atoms with Gasteiger partial charge >= 0.3 is 6.18 Å². The van der Waals surface area contributed by atoms with Crippen LogP contribution in [0.25, 0.3) is 0 Å². The number of halogens is 3. The lowest BCUT2D eigenvalue weighted by atomic mass is 9.84. The molecule has 0 radical (unpaired) electrons. The molecule has 2 saturated carbocycles. The van der Waals surface area contributed by atoms with Crippen molar-refractivity contribution in [1.82, 2.24) is 5.32 Å². The molecule has 0 amide bonds. The second-order valence-electron chi connectivity index (χ2n) is 6.66. The molecular weight excluding hydrogens is 275 g/mol. The van der Waals surface area contributed by atoms with Gasteiger partial charge < -0.3 is 5.32 Å². The Balaban J connectivity index is 1.63. The Hall–Kier alpha value is -1.03. The van der Waals surface area contributed by atoms with Gasteiger partial charge in [-0.1, -0.05) is 24.6 Å². The maximum Gasteiger partial charge on any atom is 0.416 e. The highest BCUT2D eigenvalue weighted by molar-refractivity contribution is 5.29. The van der Waals surface area contributed by atoms with Gasteiger partial charge in [0, 0.05) is 12.6 Å². The van der Waals surface area contributed by atoms with E-state index in [2.05, 4.69) is 12.2 Å². The molecule has 0 aromatic heterocycles. The fraction of sp³-hybridized carbons (Fsp3) is 0.647. The number of hydrogen-bond acceptors (Lipinski definition) is 1. The van der Waals surface area contributed by atoms with E-state index >= 15 is 0 Å². The molecule has 0 spiro atoms. The van der Waals surface area contributed by atoms with Crippen LogP contribution in [0.2, 0.25) is 0 Å². The monoisotopic (exact) mass is 297 g/mol. The van der Waals surface area contributed by atoms with Gasteiger partial charge in [0.1, 0.15) is 0 Å². The maximum atomic E-state index is 13.0. The van der Waals surface area contributed by atoms with Crippen LogP contribution in [0.4, 0.5) is 13.2 Å². The van der Waals surface area contributed by atoms with Crippen molar-refractivity contribution in [3.05, 3.63) is 35.4 Å². The number of fused-ring (bicyclic) bond motifs is 2. The van der Waals surface area contributed by atoms with Crippen molar-refractivity contribution in [2.45, 2.75) is 51.4 Å². The van der Waals surface area contributed by atoms with Crippen molar-refractivity contribution in [3.8, 4) is 0 Å². The van der Waals surface area contributed by atoms with Gasteiger partial charge in [0.05, 0.1) is 5.56 Å². The molecule has 2 aliphatic rings. The first-order chi connectivity index (χ1) is 9.95. The number of hydrogen-bond donors (Lipinski definition) is 1. The summed E-state index contributed by atoms with van der Waals surface area (Å²) in [5.74, 6) is 2.30. The quantitative estimate of drug-likeness (QED) is 0.855. The maximum absolute atomic E-state index is 13.0. The Bertz CT molecular complexity index is 497. The summed E-state index contributed by atoms with van der Waals surface area (Å²) < 4.78 is 38.9. The van der Waals surface area contributed by atoms with E-state index in [0.717, 1.165) is 11.8 Å². The summed E-state index contributed by atoms with van der Waals surface area (Å²) >= 11 is 0. The molecule has 1 aromatic carbocycles. The van der Waals surface area contributed by atoms with Crippen LogP contribution in [-0.2, 0) is 12.7 Å². The topological polar surface area (TPSA) is 12.0 Å². The van der Waals surface area contributed by atoms with E-state index in [0.29, 0.717) is 24.1 Å². The van der Waals surface area contributed by atoms with Crippen LogP contribution >= 0.6 is 0 Å². The van der Waals surface area contributed by atoms with Gasteiger partial charge in [-0.3, -0.25) is 0 Å². The first-order valence-electron chi connectivity index (χ1n) is 7.83. The number of nitrogens with one attached hydrogen (secondary N) is 1. The van der Waals surface area contributed by atoms with E-state index in [1.165, 1.54) is 37.8 Å². The number of alkyl halides is 3. The molecule has 0 unspecified atom stereocenters. The average molecular weight is 297 g/mol. The van der Waals surface area contributed by atoms with Crippen molar-refractivity contribution in [2.24, 2.45) is 17.8 Å². The number of rotatable bonds is 4. The summed E-state index contributed by atoms with van der Waals surface area (Å²) in [6.07, 6.45) is 0.967. The predicted molar refractivity (Wildman–Crippen MR) is 76.7 cm³/mol. The fourth-order valence-corrected chi connectivity index (χ4v) is 4.28. The van der Waals surface area contributed by atoms with Crippen LogP contribution in [0.3, 0.4) is 0 Å². The largest absolute Gasteiger partial charge is 0.416 e. The lowest BCUT2D eigenvalue weighted by Crippen LogP contribution is -2.36. The molecule has 1 N–H and O–H groups in total. The molecule has 1 nitrogen and oxygen atoms in total. The molecule has 2 fully saturated rings. The van der Waals surface area contributed by atoms with Gasteiger partial charge in [0.15, 0.2) is 0 Å². The molecule has 0 heterocycles. The second-order valence-corrected chi connectivity index (χ2v) is 6.66. The average Bonchev–Trinajstić information content (AvgIpc) is 3.06. The summed E-state index contributed by atoms with van der Waals surface area (Å²) in [4.78, 5) is 0. The van der Waals surface area contributed by atoms with Gasteiger partial charge in [-0.05, 0) is 55.6 Å². The van der Waals surface area contributed by atoms with E-state index in [1.54, 1.807) is 12.1 Å². The summed E-state index contributed by atoms with van der Waals surface area (Å²) in [7, 11) is 0. The minimum absolute atomic E-state index is 0.293. The van der Waals surface area contributed by atoms with E-state index in [4.69, 9.17) is 0 Å². The van der Waals surface area contributed by atoms with Gasteiger partial charge in [0.2, 0.25) is 0 Å². The minimum Gasteiger partial charge on any atom is -0.310 e. The van der Waals surface area contributed by atoms with Crippen LogP contribution < -0.4 is 5.32 Å². The van der Waals surface area contributed by atoms with E-state index in [-0.39, 0.29) is 0 Å². The second kappa shape index (κ2) is 5.64. The summed E-state index contributed by atoms with van der Waals surface area (Å²) in [6.45, 7) is 2.42. The zero-order valence-electron chi connectivity index (χ0n) is 12.3. The molecule has 3 rings (SSSR count). The van der Waals surface area contributed by atoms with Crippen molar-refractivity contribution < 1.29 is 13.2 Å². The summed E-state index contributed by atoms with van der Waals surface area (Å²) in [5.41, 5.74) is -0.169. The zero-order valence-corrected chi connectivity index (χ0v) is 12.3. The van der Waals surface area contributed by atoms with Crippen molar-refractivity contribution in [2.75, 3.05) is 0 Å². The molecule has 2 bridgehead atoms. The van der Waals surface area contributed by atoms with Crippen molar-refractivity contribution in [3.63, 3.8) is 0 Å². The Morgan fingerprint density at radius 3 is 2.57 bits per heavy atom. The highest BCUT2D eigenvalue weighted by Gasteiger charge is 2.41. The molecule has 0 aliphatic heterocycles. The summed E-state index contributed by atoms with van der Waals surface area (Å²) in [5, 5.41) is 3.34. The number of benzene rings is 1. The third-order valence-electron chi connectivity index (χ3n) is 5.37. The van der Waals surface area contributed by atoms with E-state index < -0.39 is 11.7 Å². The molecule has 2 aliphatic carbocycles. The van der Waals surface area contributed by atoms with E-state index in [1.807, 2.05) is 0 Å². The van der Waals surface area contributed by atoms with Crippen LogP contribution in [-0.4, -0.2) is 6.04 Å². The Labute approximate surface area is 123 Å². The molecule has 4 heteroatoms. The highest BCUT2D eigenvalue weighted by Crippen LogP contribution is 2.49. The van der Waals surface area contributed by atoms with Crippen molar-refractivity contribution in [1.29, 1.82) is 0 Å². The van der Waals surface area contributed by atoms with Crippen LogP contribution in [0, 0.1) is 17.8 Å². The molecular formula is C17H22F3N. The van der Waals surface area contributed by atoms with Crippen molar-refractivity contribution >= 4 is 0 Å². The van der Waals surface area contributed by atoms with Gasteiger partial charge in [0.25, 0.3) is 0 Å². The standard InChI is InChI=1S/C17H22F3N/c1-11(15-9-12-6-7-13(15)8-12)21-10-14-4-2-3-5-16(14)17(18,19)20/h2-5,11-13,15,21H,6-10H2,1H3/t11-,12-,13-,15+/m0/s1. The molecule has 1 aromatic rings. The van der Waals surface area contributed by atoms with Gasteiger partial charge in [-0.25, -0.2) is 0 Å². The molecule has 4 atom stereocenters. The lowest BCUT2D eigenvalue weighted by molar-refractivity contribution is -0.138. The Morgan fingerprint density at radius 2 is 1.95 bits per heavy atom. The SMILES string of the molecule is C[C@H](NCc1ccccc1C(F)(F)F)[C@H]1C[C@H]2CC[C@H]1C2. The lowest BCUT2D eigenvalue weighted by Gasteiger charge is -2.29. The van der Waals surface area contributed by atoms with Gasteiger partial charge in [-0.2, -0.15) is 13.2 Å². The third-order valence-corrected chi connectivity index (χ3v) is 5.37. The first-order valence-corrected chi connectivity index (χ1v) is 7.83. The Kier molecular flexibility index (Phi) is 4.00. The fourth-order valence-electron chi connectivity index (χ4n) is 4.28. The Morgan fingerprint density at radius 1 is 1.19 bits per heavy atom. The molecule has 0 saturated heterocycles. The zero-order chi connectivity index (χ0) is 15.0. The first kappa shape index (κ1) is 14.9. The third kappa shape index (κ3) is 3.10. The van der Waals surface area contributed by atoms with Crippen LogP contribution in [0.1, 0.15) is 43.7 Å².